The molecular formula is C22H27N3O5. The van der Waals surface area contributed by atoms with Crippen molar-refractivity contribution < 1.29 is 20.1 Å². The van der Waals surface area contributed by atoms with Crippen LogP contribution in [0.5, 0.6) is 5.75 Å². The molecule has 1 unspecified atom stereocenters. The van der Waals surface area contributed by atoms with E-state index in [1.165, 1.54) is 0 Å². The number of aromatic nitrogens is 2. The quantitative estimate of drug-likeness (QED) is 0.449. The molecule has 1 atom stereocenters. The molecule has 1 aromatic heterocycles. The summed E-state index contributed by atoms with van der Waals surface area (Å²) >= 11 is 0. The Morgan fingerprint density at radius 2 is 1.73 bits per heavy atom. The molecule has 0 saturated carbocycles. The van der Waals surface area contributed by atoms with E-state index in [2.05, 4.69) is 4.98 Å². The minimum Gasteiger partial charge on any atom is -0.491 e. The van der Waals surface area contributed by atoms with Crippen molar-refractivity contribution in [1.29, 1.82) is 0 Å². The largest absolute Gasteiger partial charge is 0.491 e. The predicted octanol–water partition coefficient (Wildman–Crippen LogP) is 0.720. The van der Waals surface area contributed by atoms with Crippen LogP contribution in [0.4, 0.5) is 0 Å². The summed E-state index contributed by atoms with van der Waals surface area (Å²) in [5.41, 5.74) is 1.22. The lowest BCUT2D eigenvalue weighted by Gasteiger charge is -2.23. The summed E-state index contributed by atoms with van der Waals surface area (Å²) in [6.45, 7) is 2.81. The summed E-state index contributed by atoms with van der Waals surface area (Å²) in [7, 11) is 0. The van der Waals surface area contributed by atoms with E-state index in [1.54, 1.807) is 46.7 Å². The van der Waals surface area contributed by atoms with E-state index in [0.29, 0.717) is 41.3 Å². The first-order valence-corrected chi connectivity index (χ1v) is 9.87. The first-order valence-electron chi connectivity index (χ1n) is 9.87. The summed E-state index contributed by atoms with van der Waals surface area (Å²) in [6, 6.07) is 14.3. The van der Waals surface area contributed by atoms with Gasteiger partial charge in [0.15, 0.2) is 0 Å². The van der Waals surface area contributed by atoms with Gasteiger partial charge in [0.05, 0.1) is 29.8 Å². The molecule has 0 aliphatic heterocycles. The van der Waals surface area contributed by atoms with Crippen LogP contribution in [0.3, 0.4) is 0 Å². The van der Waals surface area contributed by atoms with E-state index in [4.69, 9.17) is 14.9 Å². The topological polar surface area (TPSA) is 108 Å². The first-order chi connectivity index (χ1) is 14.5. The van der Waals surface area contributed by atoms with Gasteiger partial charge in [0.1, 0.15) is 24.3 Å². The molecule has 1 heterocycles. The lowest BCUT2D eigenvalue weighted by molar-refractivity contribution is 0.0552. The van der Waals surface area contributed by atoms with Crippen LogP contribution in [0, 0.1) is 6.92 Å². The molecule has 0 bridgehead atoms. The Balaban J connectivity index is 1.69. The van der Waals surface area contributed by atoms with Crippen molar-refractivity contribution in [3.8, 4) is 11.4 Å². The van der Waals surface area contributed by atoms with Crippen LogP contribution < -0.4 is 10.3 Å². The van der Waals surface area contributed by atoms with Crippen molar-refractivity contribution in [2.45, 2.75) is 13.0 Å². The van der Waals surface area contributed by atoms with E-state index in [9.17, 15) is 9.90 Å². The maximum atomic E-state index is 12.9. The zero-order valence-electron chi connectivity index (χ0n) is 16.9. The number of aliphatic hydroxyl groups excluding tert-OH is 3. The third-order valence-corrected chi connectivity index (χ3v) is 4.78. The fourth-order valence-electron chi connectivity index (χ4n) is 3.36. The minimum atomic E-state index is -0.766. The Morgan fingerprint density at radius 3 is 2.40 bits per heavy atom. The van der Waals surface area contributed by atoms with Gasteiger partial charge in [0.2, 0.25) is 0 Å². The Bertz CT molecular complexity index is 1010. The average Bonchev–Trinajstić information content (AvgIpc) is 2.73. The van der Waals surface area contributed by atoms with Crippen LogP contribution in [0.2, 0.25) is 0 Å². The molecule has 0 saturated heterocycles. The van der Waals surface area contributed by atoms with Gasteiger partial charge in [-0.3, -0.25) is 14.3 Å². The third kappa shape index (κ3) is 5.22. The van der Waals surface area contributed by atoms with Gasteiger partial charge in [-0.1, -0.05) is 12.1 Å². The van der Waals surface area contributed by atoms with Gasteiger partial charge < -0.3 is 20.1 Å². The number of rotatable bonds is 10. The van der Waals surface area contributed by atoms with Crippen molar-refractivity contribution >= 4 is 10.9 Å². The highest BCUT2D eigenvalue weighted by Crippen LogP contribution is 2.17. The summed E-state index contributed by atoms with van der Waals surface area (Å²) < 4.78 is 7.20. The standard InChI is InChI=1S/C22H27N3O5/c1-16-23-21-5-3-2-4-20(21)22(29)25(16)17-6-8-19(9-7-17)30-15-18(28)14-24(10-12-26)11-13-27/h2-9,18,26-28H,10-15H2,1H3. The van der Waals surface area contributed by atoms with Gasteiger partial charge in [-0.15, -0.1) is 0 Å². The molecule has 8 nitrogen and oxygen atoms in total. The maximum absolute atomic E-state index is 12.9. The van der Waals surface area contributed by atoms with Crippen LogP contribution in [-0.4, -0.2) is 75.3 Å². The van der Waals surface area contributed by atoms with Crippen LogP contribution in [0.15, 0.2) is 53.3 Å². The molecule has 0 amide bonds. The fourth-order valence-corrected chi connectivity index (χ4v) is 3.36. The minimum absolute atomic E-state index is 0.0442. The molecule has 3 rings (SSSR count). The number of aryl methyl sites for hydroxylation is 1. The number of hydrogen-bond acceptors (Lipinski definition) is 7. The SMILES string of the molecule is Cc1nc2ccccc2c(=O)n1-c1ccc(OCC(O)CN(CCO)CCO)cc1. The molecule has 160 valence electrons. The first kappa shape index (κ1) is 21.9. The molecular weight excluding hydrogens is 386 g/mol. The Kier molecular flexibility index (Phi) is 7.53. The predicted molar refractivity (Wildman–Crippen MR) is 114 cm³/mol. The third-order valence-electron chi connectivity index (χ3n) is 4.78. The second-order valence-electron chi connectivity index (χ2n) is 7.02. The highest BCUT2D eigenvalue weighted by molar-refractivity contribution is 5.77. The fraction of sp³-hybridized carbons (Fsp3) is 0.364. The lowest BCUT2D eigenvalue weighted by Crippen LogP contribution is -2.38. The Hall–Kier alpha value is -2.78. The normalized spacial score (nSPS) is 12.4. The monoisotopic (exact) mass is 413 g/mol. The Labute approximate surface area is 174 Å². The Morgan fingerprint density at radius 1 is 1.07 bits per heavy atom. The summed E-state index contributed by atoms with van der Waals surface area (Å²) in [5.74, 6) is 1.16. The van der Waals surface area contributed by atoms with Crippen molar-refractivity contribution in [3.63, 3.8) is 0 Å². The molecule has 30 heavy (non-hydrogen) atoms. The van der Waals surface area contributed by atoms with E-state index >= 15 is 0 Å². The molecule has 0 spiro atoms. The summed E-state index contributed by atoms with van der Waals surface area (Å²) in [4.78, 5) is 19.2. The zero-order valence-corrected chi connectivity index (χ0v) is 16.9. The van der Waals surface area contributed by atoms with Crippen molar-refractivity contribution in [2.75, 3.05) is 39.5 Å². The maximum Gasteiger partial charge on any atom is 0.265 e. The van der Waals surface area contributed by atoms with Crippen LogP contribution in [0.1, 0.15) is 5.82 Å². The van der Waals surface area contributed by atoms with Gasteiger partial charge in [-0.2, -0.15) is 0 Å². The van der Waals surface area contributed by atoms with Gasteiger partial charge in [0.25, 0.3) is 5.56 Å². The lowest BCUT2D eigenvalue weighted by atomic mass is 10.2. The number of benzene rings is 2. The molecule has 0 fully saturated rings. The number of fused-ring (bicyclic) bond motifs is 1. The second-order valence-corrected chi connectivity index (χ2v) is 7.02. The number of aliphatic hydroxyl groups is 3. The van der Waals surface area contributed by atoms with Gasteiger partial charge in [-0.25, -0.2) is 4.98 Å². The highest BCUT2D eigenvalue weighted by atomic mass is 16.5. The van der Waals surface area contributed by atoms with E-state index in [0.717, 1.165) is 0 Å². The zero-order chi connectivity index (χ0) is 21.5. The van der Waals surface area contributed by atoms with Crippen molar-refractivity contribution in [1.82, 2.24) is 14.5 Å². The average molecular weight is 413 g/mol. The molecule has 0 radical (unpaired) electrons. The van der Waals surface area contributed by atoms with Crippen LogP contribution >= 0.6 is 0 Å². The smallest absolute Gasteiger partial charge is 0.265 e. The van der Waals surface area contributed by atoms with Crippen molar-refractivity contribution in [2.24, 2.45) is 0 Å². The van der Waals surface area contributed by atoms with Crippen molar-refractivity contribution in [3.05, 3.63) is 64.7 Å². The highest BCUT2D eigenvalue weighted by Gasteiger charge is 2.13. The molecule has 0 aliphatic carbocycles. The molecule has 2 aromatic carbocycles. The molecule has 3 aromatic rings. The number of para-hydroxylation sites is 1. The number of nitrogens with zero attached hydrogens (tertiary/aromatic N) is 3. The molecule has 0 aliphatic rings. The summed E-state index contributed by atoms with van der Waals surface area (Å²) in [5, 5.41) is 28.8. The number of hydrogen-bond donors (Lipinski definition) is 3. The van der Waals surface area contributed by atoms with Gasteiger partial charge in [-0.05, 0) is 43.3 Å². The number of ether oxygens (including phenoxy) is 1. The van der Waals surface area contributed by atoms with Crippen LogP contribution in [0.25, 0.3) is 16.6 Å². The van der Waals surface area contributed by atoms with E-state index < -0.39 is 6.10 Å². The van der Waals surface area contributed by atoms with Gasteiger partial charge in [0, 0.05) is 19.6 Å². The second kappa shape index (κ2) is 10.3. The van der Waals surface area contributed by atoms with E-state index in [1.807, 2.05) is 18.2 Å². The van der Waals surface area contributed by atoms with E-state index in [-0.39, 0.29) is 31.9 Å². The molecule has 3 N–H and O–H groups in total. The van der Waals surface area contributed by atoms with Gasteiger partial charge >= 0.3 is 0 Å². The van der Waals surface area contributed by atoms with Crippen LogP contribution in [-0.2, 0) is 0 Å². The summed E-state index contributed by atoms with van der Waals surface area (Å²) in [6.07, 6.45) is -0.766. The molecule has 8 heteroatoms.